The van der Waals surface area contributed by atoms with Crippen molar-refractivity contribution in [2.45, 2.75) is 50.5 Å². The summed E-state index contributed by atoms with van der Waals surface area (Å²) in [5, 5.41) is 7.75. The molecule has 6 heteroatoms. The van der Waals surface area contributed by atoms with Crippen LogP contribution in [0.2, 0.25) is 0 Å². The first-order valence-electron chi connectivity index (χ1n) is 9.32. The Kier molecular flexibility index (Phi) is 6.12. The lowest BCUT2D eigenvalue weighted by Crippen LogP contribution is -2.41. The van der Waals surface area contributed by atoms with E-state index in [9.17, 15) is 0 Å². The molecular formula is C18H31N5O. The zero-order valence-electron chi connectivity index (χ0n) is 15.1. The molecule has 1 unspecified atom stereocenters. The quantitative estimate of drug-likeness (QED) is 0.509. The van der Waals surface area contributed by atoms with Gasteiger partial charge < -0.3 is 15.0 Å². The first kappa shape index (κ1) is 17.3. The van der Waals surface area contributed by atoms with Crippen LogP contribution in [0, 0.1) is 0 Å². The molecular weight excluding hydrogens is 302 g/mol. The van der Waals surface area contributed by atoms with Crippen molar-refractivity contribution in [2.24, 2.45) is 12.0 Å². The van der Waals surface area contributed by atoms with Gasteiger partial charge in [-0.1, -0.05) is 19.3 Å². The summed E-state index contributed by atoms with van der Waals surface area (Å²) in [6, 6.07) is 0. The Morgan fingerprint density at radius 3 is 2.88 bits per heavy atom. The van der Waals surface area contributed by atoms with Crippen molar-refractivity contribution in [3.05, 3.63) is 18.0 Å². The van der Waals surface area contributed by atoms with Crippen LogP contribution in [0.3, 0.4) is 0 Å². The standard InChI is InChI=1S/C18H31N5O/c1-19-18(20-9-11-24-17-6-4-3-5-7-17)23-10-8-15(14-23)16-12-21-22(2)13-16/h12-13,15,17H,3-11,14H2,1-2H3,(H,19,20). The molecule has 1 aromatic heterocycles. The number of rotatable bonds is 5. The number of nitrogens with one attached hydrogen (secondary N) is 1. The van der Waals surface area contributed by atoms with Crippen LogP contribution in [0.4, 0.5) is 0 Å². The molecule has 1 aliphatic heterocycles. The van der Waals surface area contributed by atoms with Gasteiger partial charge in [-0.2, -0.15) is 5.10 Å². The zero-order chi connectivity index (χ0) is 16.8. The summed E-state index contributed by atoms with van der Waals surface area (Å²) >= 11 is 0. The zero-order valence-corrected chi connectivity index (χ0v) is 15.1. The predicted molar refractivity (Wildman–Crippen MR) is 96.3 cm³/mol. The Labute approximate surface area is 145 Å². The molecule has 2 aliphatic rings. The number of aromatic nitrogens is 2. The average molecular weight is 333 g/mol. The van der Waals surface area contributed by atoms with Crippen LogP contribution in [-0.4, -0.2) is 60.0 Å². The second-order valence-corrected chi connectivity index (χ2v) is 6.98. The lowest BCUT2D eigenvalue weighted by molar-refractivity contribution is 0.0316. The van der Waals surface area contributed by atoms with Crippen molar-refractivity contribution < 1.29 is 4.74 Å². The fraction of sp³-hybridized carbons (Fsp3) is 0.778. The second-order valence-electron chi connectivity index (χ2n) is 6.98. The van der Waals surface area contributed by atoms with E-state index in [4.69, 9.17) is 4.74 Å². The van der Waals surface area contributed by atoms with E-state index >= 15 is 0 Å². The van der Waals surface area contributed by atoms with Crippen LogP contribution in [-0.2, 0) is 11.8 Å². The van der Waals surface area contributed by atoms with Crippen molar-refractivity contribution in [1.29, 1.82) is 0 Å². The number of aliphatic imine (C=N–C) groups is 1. The van der Waals surface area contributed by atoms with Crippen molar-refractivity contribution in [3.63, 3.8) is 0 Å². The Bertz CT molecular complexity index is 535. The number of guanidine groups is 1. The summed E-state index contributed by atoms with van der Waals surface area (Å²) in [6.07, 6.45) is 12.2. The molecule has 134 valence electrons. The molecule has 1 atom stereocenters. The van der Waals surface area contributed by atoms with Crippen molar-refractivity contribution in [1.82, 2.24) is 20.0 Å². The topological polar surface area (TPSA) is 54.7 Å². The Balaban J connectivity index is 1.40. The number of likely N-dealkylation sites (tertiary alicyclic amines) is 1. The van der Waals surface area contributed by atoms with E-state index in [1.54, 1.807) is 0 Å². The molecule has 1 N–H and O–H groups in total. The first-order valence-corrected chi connectivity index (χ1v) is 9.32. The van der Waals surface area contributed by atoms with E-state index in [0.717, 1.165) is 38.6 Å². The number of ether oxygens (including phenoxy) is 1. The molecule has 1 aliphatic carbocycles. The highest BCUT2D eigenvalue weighted by Gasteiger charge is 2.26. The summed E-state index contributed by atoms with van der Waals surface area (Å²) in [7, 11) is 3.84. The second kappa shape index (κ2) is 8.51. The molecule has 0 spiro atoms. The van der Waals surface area contributed by atoms with Crippen LogP contribution in [0.25, 0.3) is 0 Å². The van der Waals surface area contributed by atoms with Crippen LogP contribution in [0.1, 0.15) is 50.0 Å². The smallest absolute Gasteiger partial charge is 0.193 e. The highest BCUT2D eigenvalue weighted by molar-refractivity contribution is 5.80. The number of hydrogen-bond donors (Lipinski definition) is 1. The van der Waals surface area contributed by atoms with Gasteiger partial charge in [0.2, 0.25) is 0 Å². The van der Waals surface area contributed by atoms with E-state index in [1.807, 2.05) is 25.0 Å². The summed E-state index contributed by atoms with van der Waals surface area (Å²) in [6.45, 7) is 3.65. The predicted octanol–water partition coefficient (Wildman–Crippen LogP) is 2.13. The maximum absolute atomic E-state index is 5.99. The highest BCUT2D eigenvalue weighted by Crippen LogP contribution is 2.26. The van der Waals surface area contributed by atoms with Gasteiger partial charge in [-0.05, 0) is 24.8 Å². The Morgan fingerprint density at radius 2 is 2.17 bits per heavy atom. The van der Waals surface area contributed by atoms with Crippen molar-refractivity contribution >= 4 is 5.96 Å². The van der Waals surface area contributed by atoms with E-state index in [0.29, 0.717) is 12.0 Å². The molecule has 0 amide bonds. The van der Waals surface area contributed by atoms with Crippen LogP contribution >= 0.6 is 0 Å². The molecule has 24 heavy (non-hydrogen) atoms. The molecule has 0 radical (unpaired) electrons. The lowest BCUT2D eigenvalue weighted by Gasteiger charge is -2.24. The SMILES string of the molecule is CN=C(NCCOC1CCCCC1)N1CCC(c2cnn(C)c2)C1. The van der Waals surface area contributed by atoms with E-state index in [-0.39, 0.29) is 0 Å². The highest BCUT2D eigenvalue weighted by atomic mass is 16.5. The normalized spacial score (nSPS) is 23.0. The first-order chi connectivity index (χ1) is 11.8. The van der Waals surface area contributed by atoms with E-state index in [1.165, 1.54) is 37.7 Å². The van der Waals surface area contributed by atoms with Crippen molar-refractivity contribution in [3.8, 4) is 0 Å². The molecule has 2 heterocycles. The fourth-order valence-electron chi connectivity index (χ4n) is 3.83. The number of nitrogens with zero attached hydrogens (tertiary/aromatic N) is 4. The fourth-order valence-corrected chi connectivity index (χ4v) is 3.83. The third-order valence-electron chi connectivity index (χ3n) is 5.19. The third kappa shape index (κ3) is 4.50. The van der Waals surface area contributed by atoms with Crippen LogP contribution < -0.4 is 5.32 Å². The molecule has 6 nitrogen and oxygen atoms in total. The largest absolute Gasteiger partial charge is 0.376 e. The third-order valence-corrected chi connectivity index (χ3v) is 5.19. The minimum absolute atomic E-state index is 0.476. The molecule has 0 bridgehead atoms. The van der Waals surface area contributed by atoms with Gasteiger partial charge in [0.15, 0.2) is 5.96 Å². The monoisotopic (exact) mass is 333 g/mol. The van der Waals surface area contributed by atoms with Crippen molar-refractivity contribution in [2.75, 3.05) is 33.3 Å². The molecule has 1 saturated heterocycles. The van der Waals surface area contributed by atoms with Gasteiger partial charge in [0.1, 0.15) is 0 Å². The van der Waals surface area contributed by atoms with Gasteiger partial charge in [-0.3, -0.25) is 9.67 Å². The summed E-state index contributed by atoms with van der Waals surface area (Å²) < 4.78 is 7.87. The minimum atomic E-state index is 0.476. The number of hydrogen-bond acceptors (Lipinski definition) is 3. The molecule has 3 rings (SSSR count). The molecule has 0 aromatic carbocycles. The Morgan fingerprint density at radius 1 is 1.33 bits per heavy atom. The van der Waals surface area contributed by atoms with Gasteiger partial charge >= 0.3 is 0 Å². The van der Waals surface area contributed by atoms with Crippen LogP contribution in [0.15, 0.2) is 17.4 Å². The van der Waals surface area contributed by atoms with Gasteiger partial charge in [0, 0.05) is 45.8 Å². The lowest BCUT2D eigenvalue weighted by atomic mass is 9.98. The molecule has 2 fully saturated rings. The summed E-state index contributed by atoms with van der Waals surface area (Å²) in [4.78, 5) is 6.79. The maximum atomic E-state index is 5.99. The van der Waals surface area contributed by atoms with E-state index < -0.39 is 0 Å². The average Bonchev–Trinajstić information content (AvgIpc) is 3.25. The van der Waals surface area contributed by atoms with Gasteiger partial charge in [0.05, 0.1) is 18.9 Å². The van der Waals surface area contributed by atoms with Gasteiger partial charge in [-0.15, -0.1) is 0 Å². The maximum Gasteiger partial charge on any atom is 0.193 e. The summed E-state index contributed by atoms with van der Waals surface area (Å²) in [5.74, 6) is 1.55. The molecule has 1 aromatic rings. The summed E-state index contributed by atoms with van der Waals surface area (Å²) in [5.41, 5.74) is 1.33. The minimum Gasteiger partial charge on any atom is -0.376 e. The van der Waals surface area contributed by atoms with E-state index in [2.05, 4.69) is 26.5 Å². The van der Waals surface area contributed by atoms with Gasteiger partial charge in [-0.25, -0.2) is 0 Å². The number of aryl methyl sites for hydroxylation is 1. The Hall–Kier alpha value is -1.56. The molecule has 1 saturated carbocycles. The van der Waals surface area contributed by atoms with Crippen LogP contribution in [0.5, 0.6) is 0 Å². The van der Waals surface area contributed by atoms with Gasteiger partial charge in [0.25, 0.3) is 0 Å².